The van der Waals surface area contributed by atoms with Gasteiger partial charge in [0.15, 0.2) is 17.3 Å². The molecule has 0 N–H and O–H groups in total. The number of ketones is 1. The number of carbonyl (C=O) groups excluding carboxylic acids is 1. The summed E-state index contributed by atoms with van der Waals surface area (Å²) in [6.45, 7) is 6.62. The lowest BCUT2D eigenvalue weighted by Gasteiger charge is -2.11. The summed E-state index contributed by atoms with van der Waals surface area (Å²) >= 11 is 0. The Kier molecular flexibility index (Phi) is 5.79. The van der Waals surface area contributed by atoms with E-state index in [9.17, 15) is 4.79 Å². The number of hydrogen-bond donors (Lipinski definition) is 0. The molecule has 96 valence electrons. The van der Waals surface area contributed by atoms with Crippen LogP contribution in [0, 0.1) is 11.8 Å². The zero-order valence-electron chi connectivity index (χ0n) is 11.1. The van der Waals surface area contributed by atoms with E-state index in [4.69, 9.17) is 9.47 Å². The molecule has 0 fully saturated rings. The first kappa shape index (κ1) is 14.1. The van der Waals surface area contributed by atoms with E-state index in [1.165, 1.54) is 0 Å². The Balaban J connectivity index is 2.96. The fourth-order valence-electron chi connectivity index (χ4n) is 1.50. The minimum Gasteiger partial charge on any atom is -0.490 e. The van der Waals surface area contributed by atoms with Crippen LogP contribution >= 0.6 is 0 Å². The molecule has 0 radical (unpaired) electrons. The van der Waals surface area contributed by atoms with Gasteiger partial charge >= 0.3 is 0 Å². The third-order valence-electron chi connectivity index (χ3n) is 2.29. The number of benzene rings is 1. The van der Waals surface area contributed by atoms with Crippen LogP contribution in [0.3, 0.4) is 0 Å². The maximum Gasteiger partial charge on any atom is 0.174 e. The number of carbonyl (C=O) groups is 1. The average Bonchev–Trinajstić information content (AvgIpc) is 2.38. The molecule has 0 unspecified atom stereocenters. The summed E-state index contributed by atoms with van der Waals surface area (Å²) in [6, 6.07) is 5.22. The normalized spacial score (nSPS) is 9.28. The smallest absolute Gasteiger partial charge is 0.174 e. The van der Waals surface area contributed by atoms with Crippen LogP contribution in [0.15, 0.2) is 18.2 Å². The second kappa shape index (κ2) is 7.39. The maximum atomic E-state index is 11.8. The van der Waals surface area contributed by atoms with Crippen molar-refractivity contribution < 1.29 is 14.3 Å². The lowest BCUT2D eigenvalue weighted by molar-refractivity contribution is 0.0997. The summed E-state index contributed by atoms with van der Waals surface area (Å²) in [6.07, 6.45) is 0.232. The van der Waals surface area contributed by atoms with Gasteiger partial charge in [0, 0.05) is 5.56 Å². The third kappa shape index (κ3) is 3.81. The van der Waals surface area contributed by atoms with Crippen molar-refractivity contribution >= 4 is 5.78 Å². The van der Waals surface area contributed by atoms with Gasteiger partial charge in [0.05, 0.1) is 19.6 Å². The van der Waals surface area contributed by atoms with Crippen LogP contribution in [-0.2, 0) is 0 Å². The summed E-state index contributed by atoms with van der Waals surface area (Å²) in [4.78, 5) is 11.8. The van der Waals surface area contributed by atoms with Crippen molar-refractivity contribution in [1.29, 1.82) is 0 Å². The Morgan fingerprint density at radius 3 is 2.44 bits per heavy atom. The summed E-state index contributed by atoms with van der Waals surface area (Å²) in [7, 11) is 0. The van der Waals surface area contributed by atoms with Gasteiger partial charge in [-0.15, -0.1) is 5.92 Å². The van der Waals surface area contributed by atoms with Crippen molar-refractivity contribution in [2.45, 2.75) is 27.2 Å². The van der Waals surface area contributed by atoms with Gasteiger partial charge in [-0.05, 0) is 39.0 Å². The quantitative estimate of drug-likeness (QED) is 0.571. The van der Waals surface area contributed by atoms with Crippen LogP contribution < -0.4 is 9.47 Å². The largest absolute Gasteiger partial charge is 0.490 e. The zero-order chi connectivity index (χ0) is 13.4. The molecule has 0 aliphatic heterocycles. The molecule has 18 heavy (non-hydrogen) atoms. The van der Waals surface area contributed by atoms with E-state index in [-0.39, 0.29) is 12.2 Å². The third-order valence-corrected chi connectivity index (χ3v) is 2.29. The monoisotopic (exact) mass is 246 g/mol. The summed E-state index contributed by atoms with van der Waals surface area (Å²) < 4.78 is 10.9. The van der Waals surface area contributed by atoms with Crippen molar-refractivity contribution in [2.75, 3.05) is 13.2 Å². The number of rotatable bonds is 6. The van der Waals surface area contributed by atoms with E-state index in [0.29, 0.717) is 30.3 Å². The van der Waals surface area contributed by atoms with Crippen molar-refractivity contribution in [2.24, 2.45) is 0 Å². The lowest BCUT2D eigenvalue weighted by Crippen LogP contribution is -2.02. The number of hydrogen-bond acceptors (Lipinski definition) is 3. The van der Waals surface area contributed by atoms with Gasteiger partial charge in [-0.1, -0.05) is 5.92 Å². The van der Waals surface area contributed by atoms with Gasteiger partial charge in [-0.2, -0.15) is 0 Å². The van der Waals surface area contributed by atoms with Gasteiger partial charge in [0.1, 0.15) is 0 Å². The Hall–Kier alpha value is -1.95. The molecule has 1 aromatic carbocycles. The molecular formula is C15H18O3. The second-order valence-electron chi connectivity index (χ2n) is 3.55. The molecule has 0 heterocycles. The lowest BCUT2D eigenvalue weighted by atomic mass is 10.1. The minimum atomic E-state index is -0.00616. The molecule has 0 aliphatic rings. The van der Waals surface area contributed by atoms with Crippen molar-refractivity contribution in [3.8, 4) is 23.3 Å². The van der Waals surface area contributed by atoms with Crippen LogP contribution in [0.2, 0.25) is 0 Å². The Morgan fingerprint density at radius 2 is 1.83 bits per heavy atom. The molecular weight excluding hydrogens is 228 g/mol. The summed E-state index contributed by atoms with van der Waals surface area (Å²) in [5.74, 6) is 6.74. The standard InChI is InChI=1S/C15H18O3/c1-4-7-8-13(16)12-9-10-14(17-5-2)15(11-12)18-6-3/h9-11H,5-6,8H2,1-3H3. The fraction of sp³-hybridized carbons (Fsp3) is 0.400. The molecule has 0 saturated heterocycles. The van der Waals surface area contributed by atoms with Gasteiger partial charge in [-0.3, -0.25) is 4.79 Å². The van der Waals surface area contributed by atoms with Crippen molar-refractivity contribution in [3.63, 3.8) is 0 Å². The van der Waals surface area contributed by atoms with Crippen LogP contribution in [0.25, 0.3) is 0 Å². The van der Waals surface area contributed by atoms with E-state index in [1.807, 2.05) is 13.8 Å². The molecule has 0 saturated carbocycles. The van der Waals surface area contributed by atoms with E-state index >= 15 is 0 Å². The summed E-state index contributed by atoms with van der Waals surface area (Å²) in [5.41, 5.74) is 0.602. The van der Waals surface area contributed by atoms with Crippen LogP contribution in [-0.4, -0.2) is 19.0 Å². The molecule has 0 aromatic heterocycles. The van der Waals surface area contributed by atoms with Gasteiger partial charge in [-0.25, -0.2) is 0 Å². The van der Waals surface area contributed by atoms with Crippen LogP contribution in [0.1, 0.15) is 37.6 Å². The zero-order valence-corrected chi connectivity index (χ0v) is 11.1. The molecule has 1 aromatic rings. The molecule has 0 aliphatic carbocycles. The minimum absolute atomic E-state index is 0.00616. The van der Waals surface area contributed by atoms with E-state index < -0.39 is 0 Å². The van der Waals surface area contributed by atoms with Crippen LogP contribution in [0.5, 0.6) is 11.5 Å². The summed E-state index contributed by atoms with van der Waals surface area (Å²) in [5, 5.41) is 0. The Morgan fingerprint density at radius 1 is 1.17 bits per heavy atom. The molecule has 3 nitrogen and oxygen atoms in total. The average molecular weight is 246 g/mol. The Bertz CT molecular complexity index is 466. The highest BCUT2D eigenvalue weighted by molar-refractivity contribution is 5.98. The van der Waals surface area contributed by atoms with Crippen LogP contribution in [0.4, 0.5) is 0 Å². The van der Waals surface area contributed by atoms with Gasteiger partial charge < -0.3 is 9.47 Å². The molecule has 0 amide bonds. The fourth-order valence-corrected chi connectivity index (χ4v) is 1.50. The van der Waals surface area contributed by atoms with Gasteiger partial charge in [0.2, 0.25) is 0 Å². The maximum absolute atomic E-state index is 11.8. The highest BCUT2D eigenvalue weighted by atomic mass is 16.5. The predicted octanol–water partition coefficient (Wildman–Crippen LogP) is 3.08. The number of Topliss-reactive ketones (excluding diaryl/α,β-unsaturated/α-hetero) is 1. The Labute approximate surface area is 108 Å². The second-order valence-corrected chi connectivity index (χ2v) is 3.55. The molecule has 0 atom stereocenters. The first-order valence-electron chi connectivity index (χ1n) is 6.05. The SMILES string of the molecule is CC#CCC(=O)c1ccc(OCC)c(OCC)c1. The van der Waals surface area contributed by atoms with E-state index in [1.54, 1.807) is 25.1 Å². The van der Waals surface area contributed by atoms with Crippen molar-refractivity contribution in [3.05, 3.63) is 23.8 Å². The molecule has 0 bridgehead atoms. The molecule has 1 rings (SSSR count). The topological polar surface area (TPSA) is 35.5 Å². The highest BCUT2D eigenvalue weighted by Gasteiger charge is 2.10. The first-order chi connectivity index (χ1) is 8.72. The first-order valence-corrected chi connectivity index (χ1v) is 6.05. The predicted molar refractivity (Wildman–Crippen MR) is 71.2 cm³/mol. The molecule has 0 spiro atoms. The number of ether oxygens (including phenoxy) is 2. The van der Waals surface area contributed by atoms with E-state index in [0.717, 1.165) is 0 Å². The van der Waals surface area contributed by atoms with E-state index in [2.05, 4.69) is 11.8 Å². The highest BCUT2D eigenvalue weighted by Crippen LogP contribution is 2.28. The van der Waals surface area contributed by atoms with Gasteiger partial charge in [0.25, 0.3) is 0 Å². The molecule has 3 heteroatoms. The van der Waals surface area contributed by atoms with Crippen molar-refractivity contribution in [1.82, 2.24) is 0 Å².